The third kappa shape index (κ3) is 6.98. The van der Waals surface area contributed by atoms with Gasteiger partial charge in [0.2, 0.25) is 0 Å². The number of nitrogens with zero attached hydrogens (tertiary/aromatic N) is 6. The number of nitrogens with two attached hydrogens (primary N) is 1. The molecular weight excluding hydrogens is 570 g/mol. The number of amides is 1. The maximum Gasteiger partial charge on any atom is 0.410 e. The number of imidazole rings is 1. The zero-order chi connectivity index (χ0) is 31.6. The lowest BCUT2D eigenvalue weighted by Crippen LogP contribution is -2.42. The maximum absolute atomic E-state index is 14.0. The van der Waals surface area contributed by atoms with Crippen LogP contribution in [0.3, 0.4) is 0 Å². The van der Waals surface area contributed by atoms with E-state index in [1.165, 1.54) is 6.33 Å². The molecular formula is C34H43N7O4. The van der Waals surface area contributed by atoms with Crippen LogP contribution < -0.4 is 16.2 Å². The molecule has 2 aromatic heterocycles. The number of hydrogen-bond donors (Lipinski definition) is 1. The van der Waals surface area contributed by atoms with Gasteiger partial charge in [0.05, 0.1) is 5.69 Å². The van der Waals surface area contributed by atoms with Crippen LogP contribution in [0.4, 0.5) is 10.6 Å². The Bertz CT molecular complexity index is 1660. The number of rotatable bonds is 7. The molecule has 2 N–H and O–H groups in total. The van der Waals surface area contributed by atoms with E-state index in [1.54, 1.807) is 4.57 Å². The molecule has 0 saturated carbocycles. The molecule has 0 unspecified atom stereocenters. The second-order valence-corrected chi connectivity index (χ2v) is 13.1. The first-order valence-electron chi connectivity index (χ1n) is 15.9. The summed E-state index contributed by atoms with van der Waals surface area (Å²) in [5, 5.41) is 0. The monoisotopic (exact) mass is 613 g/mol. The number of hydrogen-bond acceptors (Lipinski definition) is 8. The van der Waals surface area contributed by atoms with Crippen molar-refractivity contribution in [1.29, 1.82) is 0 Å². The third-order valence-corrected chi connectivity index (χ3v) is 8.80. The van der Waals surface area contributed by atoms with Crippen LogP contribution in [0.25, 0.3) is 16.9 Å². The number of ether oxygens (including phenoxy) is 2. The average molecular weight is 614 g/mol. The van der Waals surface area contributed by atoms with Gasteiger partial charge in [-0.2, -0.15) is 0 Å². The summed E-state index contributed by atoms with van der Waals surface area (Å²) in [5.74, 6) is 2.29. The minimum atomic E-state index is -0.469. The van der Waals surface area contributed by atoms with Gasteiger partial charge in [0.25, 0.3) is 0 Å². The molecule has 2 aromatic carbocycles. The van der Waals surface area contributed by atoms with Crippen molar-refractivity contribution < 1.29 is 14.3 Å². The summed E-state index contributed by atoms with van der Waals surface area (Å²) in [6.45, 7) is 10.1. The predicted octanol–water partition coefficient (Wildman–Crippen LogP) is 5.63. The number of nitrogen functional groups attached to an aromatic ring is 1. The largest absolute Gasteiger partial charge is 0.457 e. The summed E-state index contributed by atoms with van der Waals surface area (Å²) in [7, 11) is 0. The van der Waals surface area contributed by atoms with Crippen LogP contribution in [0.15, 0.2) is 65.7 Å². The van der Waals surface area contributed by atoms with E-state index in [9.17, 15) is 9.59 Å². The molecule has 0 radical (unpaired) electrons. The zero-order valence-corrected chi connectivity index (χ0v) is 26.4. The second-order valence-electron chi connectivity index (χ2n) is 13.1. The van der Waals surface area contributed by atoms with Gasteiger partial charge in [-0.05, 0) is 102 Å². The molecule has 11 heteroatoms. The third-order valence-electron chi connectivity index (χ3n) is 8.80. The van der Waals surface area contributed by atoms with Crippen LogP contribution >= 0.6 is 0 Å². The number of likely N-dealkylation sites (tertiary alicyclic amines) is 2. The van der Waals surface area contributed by atoms with Gasteiger partial charge < -0.3 is 25.0 Å². The number of fused-ring (bicyclic) bond motifs is 1. The smallest absolute Gasteiger partial charge is 0.410 e. The van der Waals surface area contributed by atoms with Crippen molar-refractivity contribution in [1.82, 2.24) is 28.9 Å². The van der Waals surface area contributed by atoms with E-state index in [4.69, 9.17) is 15.2 Å². The van der Waals surface area contributed by atoms with Crippen LogP contribution in [-0.2, 0) is 4.74 Å². The lowest BCUT2D eigenvalue weighted by atomic mass is 9.93. The van der Waals surface area contributed by atoms with E-state index in [2.05, 4.69) is 14.9 Å². The molecule has 2 fully saturated rings. The van der Waals surface area contributed by atoms with E-state index in [0.29, 0.717) is 28.5 Å². The fraction of sp³-hybridized carbons (Fsp3) is 0.471. The summed E-state index contributed by atoms with van der Waals surface area (Å²) in [4.78, 5) is 39.5. The molecule has 2 aliphatic rings. The summed E-state index contributed by atoms with van der Waals surface area (Å²) < 4.78 is 14.9. The Morgan fingerprint density at radius 2 is 1.58 bits per heavy atom. The van der Waals surface area contributed by atoms with Crippen LogP contribution in [0.2, 0.25) is 0 Å². The van der Waals surface area contributed by atoms with Crippen LogP contribution in [0, 0.1) is 5.92 Å². The molecule has 0 bridgehead atoms. The summed E-state index contributed by atoms with van der Waals surface area (Å²) in [5.41, 5.74) is 7.48. The van der Waals surface area contributed by atoms with Crippen molar-refractivity contribution >= 4 is 23.1 Å². The quantitative estimate of drug-likeness (QED) is 0.285. The first-order chi connectivity index (χ1) is 21.7. The highest BCUT2D eigenvalue weighted by Gasteiger charge is 2.30. The topological polar surface area (TPSA) is 121 Å². The number of carbonyl (C=O) groups excluding carboxylic acids is 1. The first-order valence-corrected chi connectivity index (χ1v) is 15.9. The fourth-order valence-electron chi connectivity index (χ4n) is 6.42. The number of piperidine rings is 2. The number of aromatic nitrogens is 4. The molecule has 4 aromatic rings. The summed E-state index contributed by atoms with van der Waals surface area (Å²) >= 11 is 0. The van der Waals surface area contributed by atoms with Crippen molar-refractivity contribution in [2.75, 3.05) is 38.5 Å². The van der Waals surface area contributed by atoms with Crippen molar-refractivity contribution in [3.63, 3.8) is 0 Å². The highest BCUT2D eigenvalue weighted by molar-refractivity contribution is 5.84. The maximum atomic E-state index is 14.0. The first kappa shape index (κ1) is 30.6. The minimum absolute atomic E-state index is 0.0181. The van der Waals surface area contributed by atoms with Crippen LogP contribution in [-0.4, -0.2) is 73.3 Å². The fourth-order valence-corrected chi connectivity index (χ4v) is 6.42. The Morgan fingerprint density at radius 1 is 0.911 bits per heavy atom. The van der Waals surface area contributed by atoms with Crippen LogP contribution in [0.1, 0.15) is 58.9 Å². The second kappa shape index (κ2) is 12.9. The molecule has 0 spiro atoms. The number of para-hydroxylation sites is 1. The highest BCUT2D eigenvalue weighted by Crippen LogP contribution is 2.30. The normalized spacial score (nSPS) is 17.1. The highest BCUT2D eigenvalue weighted by atomic mass is 16.6. The predicted molar refractivity (Wildman–Crippen MR) is 174 cm³/mol. The van der Waals surface area contributed by atoms with Gasteiger partial charge >= 0.3 is 11.8 Å². The SMILES string of the molecule is CC(C)(C)OC(=O)N1CCC(CCN2CCC(n3c(=O)n(-c4ccc(Oc5ccccc5)cc4)c4c(N)ncnc43)CC2)CC1. The van der Waals surface area contributed by atoms with E-state index in [-0.39, 0.29) is 23.6 Å². The molecule has 11 nitrogen and oxygen atoms in total. The lowest BCUT2D eigenvalue weighted by molar-refractivity contribution is 0.0176. The van der Waals surface area contributed by atoms with E-state index in [0.717, 1.165) is 70.6 Å². The minimum Gasteiger partial charge on any atom is -0.457 e. The Kier molecular flexibility index (Phi) is 8.80. The van der Waals surface area contributed by atoms with Gasteiger partial charge in [-0.3, -0.25) is 9.13 Å². The number of benzene rings is 2. The van der Waals surface area contributed by atoms with Gasteiger partial charge in [0.15, 0.2) is 11.5 Å². The number of anilines is 1. The molecule has 45 heavy (non-hydrogen) atoms. The molecule has 0 atom stereocenters. The molecule has 0 aliphatic carbocycles. The molecule has 4 heterocycles. The van der Waals surface area contributed by atoms with Crippen LogP contribution in [0.5, 0.6) is 11.5 Å². The standard InChI is InChI=1S/C34H43N7O4/c1-34(2,3)45-33(43)39-21-14-24(15-22-39)13-18-38-19-16-26(17-20-38)41-31-29(30(35)36-23-37-31)40(32(41)42)25-9-11-28(12-10-25)44-27-7-5-4-6-8-27/h4-12,23-24,26H,13-22H2,1-3H3,(H2,35,36,37). The Morgan fingerprint density at radius 3 is 2.24 bits per heavy atom. The molecule has 1 amide bonds. The lowest BCUT2D eigenvalue weighted by Gasteiger charge is -2.36. The van der Waals surface area contributed by atoms with E-state index in [1.807, 2.05) is 84.8 Å². The van der Waals surface area contributed by atoms with Gasteiger partial charge in [0, 0.05) is 32.2 Å². The number of carbonyl (C=O) groups is 1. The summed E-state index contributed by atoms with van der Waals surface area (Å²) in [6.07, 6.45) is 6.04. The van der Waals surface area contributed by atoms with Crippen molar-refractivity contribution in [2.24, 2.45) is 5.92 Å². The molecule has 2 saturated heterocycles. The van der Waals surface area contributed by atoms with Crippen molar-refractivity contribution in [2.45, 2.75) is 64.5 Å². The summed E-state index contributed by atoms with van der Waals surface area (Å²) in [6, 6.07) is 17.0. The molecule has 238 valence electrons. The van der Waals surface area contributed by atoms with Gasteiger partial charge in [0.1, 0.15) is 28.9 Å². The Balaban J connectivity index is 1.09. The van der Waals surface area contributed by atoms with Gasteiger partial charge in [-0.25, -0.2) is 19.6 Å². The Labute approximate surface area is 263 Å². The average Bonchev–Trinajstić information content (AvgIpc) is 3.33. The molecule has 6 rings (SSSR count). The Hall–Kier alpha value is -4.38. The zero-order valence-electron chi connectivity index (χ0n) is 26.4. The van der Waals surface area contributed by atoms with E-state index < -0.39 is 5.60 Å². The van der Waals surface area contributed by atoms with Crippen molar-refractivity contribution in [3.8, 4) is 17.2 Å². The molecule has 2 aliphatic heterocycles. The van der Waals surface area contributed by atoms with E-state index >= 15 is 0 Å². The van der Waals surface area contributed by atoms with Gasteiger partial charge in [-0.1, -0.05) is 18.2 Å². The van der Waals surface area contributed by atoms with Crippen molar-refractivity contribution in [3.05, 3.63) is 71.4 Å². The van der Waals surface area contributed by atoms with Gasteiger partial charge in [-0.15, -0.1) is 0 Å².